The highest BCUT2D eigenvalue weighted by Gasteiger charge is 2.41. The van der Waals surface area contributed by atoms with Gasteiger partial charge in [-0.3, -0.25) is 0 Å². The third kappa shape index (κ3) is 3.69. The van der Waals surface area contributed by atoms with E-state index in [9.17, 15) is 13.2 Å². The van der Waals surface area contributed by atoms with Gasteiger partial charge in [-0.1, -0.05) is 11.6 Å². The summed E-state index contributed by atoms with van der Waals surface area (Å²) < 4.78 is 42.4. The number of rotatable bonds is 4. The average Bonchev–Trinajstić information content (AvgIpc) is 2.81. The van der Waals surface area contributed by atoms with Crippen LogP contribution in [-0.2, 0) is 6.42 Å². The minimum absolute atomic E-state index is 0.0581. The normalized spacial score (nSPS) is 25.3. The number of alkyl halides is 3. The zero-order valence-electron chi connectivity index (χ0n) is 9.91. The van der Waals surface area contributed by atoms with E-state index in [1.807, 2.05) is 0 Å². The van der Waals surface area contributed by atoms with Crippen LogP contribution in [-0.4, -0.2) is 28.9 Å². The van der Waals surface area contributed by atoms with Crippen molar-refractivity contribution in [1.82, 2.24) is 15.5 Å². The van der Waals surface area contributed by atoms with Crippen molar-refractivity contribution in [3.8, 4) is 0 Å². The number of hydrogen-bond donors (Lipinski definition) is 1. The monoisotopic (exact) mass is 263 g/mol. The first-order chi connectivity index (χ1) is 8.55. The summed E-state index contributed by atoms with van der Waals surface area (Å²) in [5, 5.41) is 6.79. The molecule has 1 saturated carbocycles. The molecule has 7 heteroatoms. The van der Waals surface area contributed by atoms with Crippen LogP contribution in [0.15, 0.2) is 10.9 Å². The average molecular weight is 263 g/mol. The lowest BCUT2D eigenvalue weighted by atomic mass is 9.85. The molecule has 4 nitrogen and oxygen atoms in total. The van der Waals surface area contributed by atoms with Crippen molar-refractivity contribution >= 4 is 0 Å². The van der Waals surface area contributed by atoms with Crippen molar-refractivity contribution in [1.29, 1.82) is 0 Å². The fourth-order valence-electron chi connectivity index (χ4n) is 2.36. The van der Waals surface area contributed by atoms with Gasteiger partial charge in [0.15, 0.2) is 5.82 Å². The lowest BCUT2D eigenvalue weighted by Gasteiger charge is -2.31. The highest BCUT2D eigenvalue weighted by Crippen LogP contribution is 2.37. The van der Waals surface area contributed by atoms with Gasteiger partial charge >= 0.3 is 6.18 Å². The zero-order chi connectivity index (χ0) is 13.0. The predicted molar refractivity (Wildman–Crippen MR) is 57.8 cm³/mol. The maximum atomic E-state index is 12.6. The maximum Gasteiger partial charge on any atom is 0.391 e. The van der Waals surface area contributed by atoms with Crippen LogP contribution in [0.5, 0.6) is 0 Å². The molecule has 18 heavy (non-hydrogen) atoms. The molecule has 0 aliphatic heterocycles. The lowest BCUT2D eigenvalue weighted by Crippen LogP contribution is -2.39. The number of nitrogens with zero attached hydrogens (tertiary/aromatic N) is 2. The Kier molecular flexibility index (Phi) is 4.21. The molecule has 1 fully saturated rings. The third-order valence-corrected chi connectivity index (χ3v) is 3.33. The predicted octanol–water partition coefficient (Wildman–Crippen LogP) is 2.32. The fraction of sp³-hybridized carbons (Fsp3) is 0.818. The SMILES string of the molecule is FC(F)(F)C1CCCC(NCCc2ncon2)C1. The highest BCUT2D eigenvalue weighted by atomic mass is 19.4. The van der Waals surface area contributed by atoms with E-state index >= 15 is 0 Å². The molecule has 2 unspecified atom stereocenters. The van der Waals surface area contributed by atoms with Crippen molar-refractivity contribution in [2.75, 3.05) is 6.54 Å². The number of aromatic nitrogens is 2. The summed E-state index contributed by atoms with van der Waals surface area (Å²) in [7, 11) is 0. The summed E-state index contributed by atoms with van der Waals surface area (Å²) in [6.07, 6.45) is -0.377. The molecule has 0 aromatic carbocycles. The second-order valence-electron chi connectivity index (χ2n) is 4.65. The Morgan fingerprint density at radius 1 is 1.39 bits per heavy atom. The molecule has 102 valence electrons. The first-order valence-corrected chi connectivity index (χ1v) is 6.11. The maximum absolute atomic E-state index is 12.6. The minimum Gasteiger partial charge on any atom is -0.343 e. The molecule has 0 saturated heterocycles. The van der Waals surface area contributed by atoms with Crippen LogP contribution in [0, 0.1) is 5.92 Å². The van der Waals surface area contributed by atoms with E-state index in [2.05, 4.69) is 20.0 Å². The summed E-state index contributed by atoms with van der Waals surface area (Å²) >= 11 is 0. The second-order valence-corrected chi connectivity index (χ2v) is 4.65. The Morgan fingerprint density at radius 3 is 2.89 bits per heavy atom. The molecular weight excluding hydrogens is 247 g/mol. The van der Waals surface area contributed by atoms with Gasteiger partial charge in [0.2, 0.25) is 6.39 Å². The van der Waals surface area contributed by atoms with Crippen LogP contribution >= 0.6 is 0 Å². The first-order valence-electron chi connectivity index (χ1n) is 6.11. The van der Waals surface area contributed by atoms with Gasteiger partial charge in [0, 0.05) is 19.0 Å². The number of halogens is 3. The van der Waals surface area contributed by atoms with Crippen molar-refractivity contribution in [2.24, 2.45) is 5.92 Å². The Balaban J connectivity index is 1.73. The number of nitrogens with one attached hydrogen (secondary N) is 1. The molecule has 1 aliphatic rings. The quantitative estimate of drug-likeness (QED) is 0.905. The van der Waals surface area contributed by atoms with Gasteiger partial charge in [-0.15, -0.1) is 0 Å². The van der Waals surface area contributed by atoms with Gasteiger partial charge in [-0.2, -0.15) is 18.2 Å². The molecule has 0 amide bonds. The molecule has 0 bridgehead atoms. The summed E-state index contributed by atoms with van der Waals surface area (Å²) in [5.74, 6) is -0.584. The third-order valence-electron chi connectivity index (χ3n) is 3.33. The van der Waals surface area contributed by atoms with Gasteiger partial charge in [0.25, 0.3) is 0 Å². The molecule has 1 aromatic heterocycles. The van der Waals surface area contributed by atoms with Crippen molar-refractivity contribution in [3.05, 3.63) is 12.2 Å². The van der Waals surface area contributed by atoms with Crippen LogP contribution in [0.4, 0.5) is 13.2 Å². The van der Waals surface area contributed by atoms with E-state index in [0.29, 0.717) is 25.2 Å². The Bertz CT molecular complexity index is 353. The summed E-state index contributed by atoms with van der Waals surface area (Å²) in [4.78, 5) is 3.86. The smallest absolute Gasteiger partial charge is 0.343 e. The van der Waals surface area contributed by atoms with Gasteiger partial charge in [0.05, 0.1) is 5.92 Å². The van der Waals surface area contributed by atoms with Crippen molar-refractivity contribution < 1.29 is 17.7 Å². The first kappa shape index (κ1) is 13.3. The molecule has 0 spiro atoms. The zero-order valence-corrected chi connectivity index (χ0v) is 9.91. The second kappa shape index (κ2) is 5.69. The minimum atomic E-state index is -4.06. The summed E-state index contributed by atoms with van der Waals surface area (Å²) in [6, 6.07) is -0.0581. The Labute approximate surface area is 103 Å². The topological polar surface area (TPSA) is 51.0 Å². The Hall–Kier alpha value is -1.11. The lowest BCUT2D eigenvalue weighted by molar-refractivity contribution is -0.183. The van der Waals surface area contributed by atoms with Crippen molar-refractivity contribution in [3.63, 3.8) is 0 Å². The van der Waals surface area contributed by atoms with Crippen LogP contribution in [0.2, 0.25) is 0 Å². The highest BCUT2D eigenvalue weighted by molar-refractivity contribution is 4.84. The van der Waals surface area contributed by atoms with Gasteiger partial charge in [-0.05, 0) is 19.3 Å². The van der Waals surface area contributed by atoms with E-state index < -0.39 is 12.1 Å². The molecule has 1 aliphatic carbocycles. The summed E-state index contributed by atoms with van der Waals surface area (Å²) in [5.41, 5.74) is 0. The van der Waals surface area contributed by atoms with E-state index in [4.69, 9.17) is 0 Å². The fourth-order valence-corrected chi connectivity index (χ4v) is 2.36. The Morgan fingerprint density at radius 2 is 2.22 bits per heavy atom. The van der Waals surface area contributed by atoms with Crippen LogP contribution in [0.25, 0.3) is 0 Å². The molecule has 2 atom stereocenters. The van der Waals surface area contributed by atoms with Crippen LogP contribution in [0.3, 0.4) is 0 Å². The van der Waals surface area contributed by atoms with E-state index in [0.717, 1.165) is 6.42 Å². The van der Waals surface area contributed by atoms with Gasteiger partial charge in [0.1, 0.15) is 0 Å². The molecule has 1 heterocycles. The number of hydrogen-bond acceptors (Lipinski definition) is 4. The van der Waals surface area contributed by atoms with Gasteiger partial charge in [-0.25, -0.2) is 0 Å². The summed E-state index contributed by atoms with van der Waals surface area (Å²) in [6.45, 7) is 0.578. The van der Waals surface area contributed by atoms with Crippen molar-refractivity contribution in [2.45, 2.75) is 44.3 Å². The van der Waals surface area contributed by atoms with Crippen LogP contribution < -0.4 is 5.32 Å². The van der Waals surface area contributed by atoms with Crippen LogP contribution in [0.1, 0.15) is 31.5 Å². The molecule has 0 radical (unpaired) electrons. The largest absolute Gasteiger partial charge is 0.391 e. The van der Waals surface area contributed by atoms with E-state index in [1.165, 1.54) is 6.39 Å². The molecule has 1 aromatic rings. The van der Waals surface area contributed by atoms with Gasteiger partial charge < -0.3 is 9.84 Å². The molecular formula is C11H16F3N3O. The van der Waals surface area contributed by atoms with E-state index in [1.54, 1.807) is 0 Å². The molecule has 2 rings (SSSR count). The molecule has 1 N–H and O–H groups in total. The standard InChI is InChI=1S/C11H16F3N3O/c12-11(13,14)8-2-1-3-9(6-8)15-5-4-10-16-7-18-17-10/h7-9,15H,1-6H2. The van der Waals surface area contributed by atoms with E-state index in [-0.39, 0.29) is 18.9 Å².